The number of furan rings is 1. The summed E-state index contributed by atoms with van der Waals surface area (Å²) in [4.78, 5) is 13.4. The van der Waals surface area contributed by atoms with Gasteiger partial charge in [-0.3, -0.25) is 4.90 Å². The smallest absolute Gasteiger partial charge is 0.241 e. The molecule has 0 amide bonds. The van der Waals surface area contributed by atoms with Crippen LogP contribution in [0.2, 0.25) is 0 Å². The highest BCUT2D eigenvalue weighted by atomic mass is 79.9. The number of hydrogen-bond acceptors (Lipinski definition) is 7. The molecule has 0 atom stereocenters. The zero-order valence-electron chi connectivity index (χ0n) is 12.9. The van der Waals surface area contributed by atoms with E-state index in [4.69, 9.17) is 8.94 Å². The highest BCUT2D eigenvalue weighted by molar-refractivity contribution is 9.10. The Morgan fingerprint density at radius 3 is 2.71 bits per heavy atom. The molecule has 0 aliphatic carbocycles. The summed E-state index contributed by atoms with van der Waals surface area (Å²) in [7, 11) is 0. The second-order valence-electron chi connectivity index (χ2n) is 5.59. The highest BCUT2D eigenvalue weighted by Crippen LogP contribution is 2.19. The molecule has 3 aromatic heterocycles. The first-order valence-electron chi connectivity index (χ1n) is 7.73. The first-order chi connectivity index (χ1) is 11.8. The van der Waals surface area contributed by atoms with Gasteiger partial charge in [0, 0.05) is 36.8 Å². The molecule has 24 heavy (non-hydrogen) atoms. The molecule has 0 aromatic carbocycles. The maximum Gasteiger partial charge on any atom is 0.241 e. The van der Waals surface area contributed by atoms with Crippen LogP contribution in [-0.2, 0) is 6.54 Å². The summed E-state index contributed by atoms with van der Waals surface area (Å²) >= 11 is 3.41. The Morgan fingerprint density at radius 2 is 2.00 bits per heavy atom. The van der Waals surface area contributed by atoms with Crippen LogP contribution in [0.4, 0.5) is 5.82 Å². The van der Waals surface area contributed by atoms with Crippen LogP contribution in [0.1, 0.15) is 5.89 Å². The van der Waals surface area contributed by atoms with E-state index in [9.17, 15) is 0 Å². The second kappa shape index (κ2) is 6.74. The molecule has 4 rings (SSSR count). The molecule has 4 heterocycles. The molecule has 0 saturated carbocycles. The fraction of sp³-hybridized carbons (Fsp3) is 0.312. The van der Waals surface area contributed by atoms with Crippen molar-refractivity contribution in [1.29, 1.82) is 0 Å². The van der Waals surface area contributed by atoms with E-state index in [0.29, 0.717) is 24.0 Å². The van der Waals surface area contributed by atoms with Crippen molar-refractivity contribution in [3.8, 4) is 11.6 Å². The van der Waals surface area contributed by atoms with Gasteiger partial charge < -0.3 is 13.8 Å². The molecule has 1 aliphatic rings. The predicted octanol–water partition coefficient (Wildman–Crippen LogP) is 2.81. The molecule has 1 fully saturated rings. The second-order valence-corrected chi connectivity index (χ2v) is 6.50. The minimum atomic E-state index is 0.493. The third kappa shape index (κ3) is 3.34. The SMILES string of the molecule is Brc1ccc(N2CCN(Cc3nc(-c4ccco4)no3)CC2)nc1. The Labute approximate surface area is 147 Å². The van der Waals surface area contributed by atoms with Crippen LogP contribution in [-0.4, -0.2) is 46.2 Å². The zero-order valence-corrected chi connectivity index (χ0v) is 14.5. The molecular formula is C16H16BrN5O2. The summed E-state index contributed by atoms with van der Waals surface area (Å²) in [6, 6.07) is 7.68. The van der Waals surface area contributed by atoms with Crippen LogP contribution in [0.3, 0.4) is 0 Å². The topological polar surface area (TPSA) is 71.4 Å². The first kappa shape index (κ1) is 15.3. The maximum absolute atomic E-state index is 5.32. The number of anilines is 1. The lowest BCUT2D eigenvalue weighted by Gasteiger charge is -2.34. The van der Waals surface area contributed by atoms with Crippen molar-refractivity contribution in [1.82, 2.24) is 20.0 Å². The monoisotopic (exact) mass is 389 g/mol. The highest BCUT2D eigenvalue weighted by Gasteiger charge is 2.20. The number of piperazine rings is 1. The summed E-state index contributed by atoms with van der Waals surface area (Å²) in [5.41, 5.74) is 0. The number of aromatic nitrogens is 3. The van der Waals surface area contributed by atoms with Gasteiger partial charge in [0.1, 0.15) is 5.82 Å². The third-order valence-corrected chi connectivity index (χ3v) is 4.45. The van der Waals surface area contributed by atoms with Gasteiger partial charge in [-0.15, -0.1) is 0 Å². The number of hydrogen-bond donors (Lipinski definition) is 0. The van der Waals surface area contributed by atoms with Gasteiger partial charge in [0.2, 0.25) is 11.7 Å². The van der Waals surface area contributed by atoms with Gasteiger partial charge in [-0.2, -0.15) is 4.98 Å². The quantitative estimate of drug-likeness (QED) is 0.679. The first-order valence-corrected chi connectivity index (χ1v) is 8.52. The molecule has 0 bridgehead atoms. The molecular weight excluding hydrogens is 374 g/mol. The van der Waals surface area contributed by atoms with E-state index in [-0.39, 0.29) is 0 Å². The third-order valence-electron chi connectivity index (χ3n) is 3.98. The molecule has 8 heteroatoms. The number of nitrogens with zero attached hydrogens (tertiary/aromatic N) is 5. The Morgan fingerprint density at radius 1 is 1.12 bits per heavy atom. The van der Waals surface area contributed by atoms with Gasteiger partial charge in [0.05, 0.1) is 12.8 Å². The Kier molecular flexibility index (Phi) is 4.31. The molecule has 0 spiro atoms. The predicted molar refractivity (Wildman–Crippen MR) is 91.4 cm³/mol. The minimum Gasteiger partial charge on any atom is -0.461 e. The number of rotatable bonds is 4. The largest absolute Gasteiger partial charge is 0.461 e. The van der Waals surface area contributed by atoms with E-state index in [2.05, 4.69) is 40.9 Å². The van der Waals surface area contributed by atoms with E-state index >= 15 is 0 Å². The standard InChI is InChI=1S/C16H16BrN5O2/c17-12-3-4-14(18-10-12)22-7-5-21(6-8-22)11-15-19-16(20-24-15)13-2-1-9-23-13/h1-4,9-10H,5-8,11H2. The lowest BCUT2D eigenvalue weighted by molar-refractivity contribution is 0.215. The Balaban J connectivity index is 1.34. The van der Waals surface area contributed by atoms with Crippen molar-refractivity contribution >= 4 is 21.7 Å². The van der Waals surface area contributed by atoms with Gasteiger partial charge in [0.15, 0.2) is 5.76 Å². The lowest BCUT2D eigenvalue weighted by atomic mass is 10.3. The average Bonchev–Trinajstić information content (AvgIpc) is 3.28. The minimum absolute atomic E-state index is 0.493. The van der Waals surface area contributed by atoms with Crippen LogP contribution >= 0.6 is 15.9 Å². The van der Waals surface area contributed by atoms with Gasteiger partial charge >= 0.3 is 0 Å². The van der Waals surface area contributed by atoms with Gasteiger partial charge in [-0.1, -0.05) is 5.16 Å². The maximum atomic E-state index is 5.32. The van der Waals surface area contributed by atoms with Gasteiger partial charge in [-0.25, -0.2) is 4.98 Å². The molecule has 7 nitrogen and oxygen atoms in total. The van der Waals surface area contributed by atoms with Crippen molar-refractivity contribution in [3.63, 3.8) is 0 Å². The molecule has 0 radical (unpaired) electrons. The Bertz CT molecular complexity index is 779. The number of halogens is 1. The molecule has 1 saturated heterocycles. The van der Waals surface area contributed by atoms with Gasteiger partial charge in [-0.05, 0) is 40.2 Å². The number of pyridine rings is 1. The molecule has 0 unspecified atom stereocenters. The van der Waals surface area contributed by atoms with E-state index in [1.807, 2.05) is 24.4 Å². The van der Waals surface area contributed by atoms with E-state index < -0.39 is 0 Å². The van der Waals surface area contributed by atoms with Crippen LogP contribution < -0.4 is 4.90 Å². The molecule has 0 N–H and O–H groups in total. The van der Waals surface area contributed by atoms with Crippen molar-refractivity contribution in [3.05, 3.63) is 47.1 Å². The normalized spacial score (nSPS) is 15.8. The van der Waals surface area contributed by atoms with Crippen LogP contribution in [0, 0.1) is 0 Å². The van der Waals surface area contributed by atoms with E-state index in [1.165, 1.54) is 0 Å². The van der Waals surface area contributed by atoms with Crippen LogP contribution in [0.15, 0.2) is 50.1 Å². The lowest BCUT2D eigenvalue weighted by Crippen LogP contribution is -2.46. The Hall–Kier alpha value is -2.19. The van der Waals surface area contributed by atoms with Crippen LogP contribution in [0.5, 0.6) is 0 Å². The molecule has 3 aromatic rings. The summed E-state index contributed by atoms with van der Waals surface area (Å²) in [5, 5.41) is 3.96. The fourth-order valence-electron chi connectivity index (χ4n) is 2.71. The molecule has 1 aliphatic heterocycles. The zero-order chi connectivity index (χ0) is 16.4. The summed E-state index contributed by atoms with van der Waals surface area (Å²) in [5.74, 6) is 2.73. The van der Waals surface area contributed by atoms with Crippen molar-refractivity contribution in [2.75, 3.05) is 31.1 Å². The summed E-state index contributed by atoms with van der Waals surface area (Å²) < 4.78 is 11.6. The fourth-order valence-corrected chi connectivity index (χ4v) is 2.94. The van der Waals surface area contributed by atoms with Crippen molar-refractivity contribution < 1.29 is 8.94 Å². The average molecular weight is 390 g/mol. The van der Waals surface area contributed by atoms with Crippen molar-refractivity contribution in [2.45, 2.75) is 6.54 Å². The van der Waals surface area contributed by atoms with Gasteiger partial charge in [0.25, 0.3) is 0 Å². The van der Waals surface area contributed by atoms with E-state index in [1.54, 1.807) is 12.3 Å². The summed E-state index contributed by atoms with van der Waals surface area (Å²) in [6.07, 6.45) is 3.43. The van der Waals surface area contributed by atoms with Crippen molar-refractivity contribution in [2.24, 2.45) is 0 Å². The van der Waals surface area contributed by atoms with Crippen LogP contribution in [0.25, 0.3) is 11.6 Å². The van der Waals surface area contributed by atoms with E-state index in [0.717, 1.165) is 36.5 Å². The molecule has 124 valence electrons. The summed E-state index contributed by atoms with van der Waals surface area (Å²) in [6.45, 7) is 4.35.